The summed E-state index contributed by atoms with van der Waals surface area (Å²) in [6, 6.07) is 14.9. The lowest BCUT2D eigenvalue weighted by Crippen LogP contribution is -2.36. The van der Waals surface area contributed by atoms with Gasteiger partial charge in [-0.3, -0.25) is 14.9 Å². The normalized spacial score (nSPS) is 16.2. The number of amides is 1. The molecule has 1 aromatic heterocycles. The van der Waals surface area contributed by atoms with E-state index >= 15 is 0 Å². The van der Waals surface area contributed by atoms with E-state index in [1.165, 1.54) is 18.2 Å². The minimum absolute atomic E-state index is 0.0572. The van der Waals surface area contributed by atoms with E-state index in [4.69, 9.17) is 23.2 Å². The molecule has 1 aliphatic heterocycles. The SMILES string of the molecule is O=C(c1ccc([N+](=O)[O-])cc1Cl)N1CCCn2cccc2C1c1ccccc1Cl. The van der Waals surface area contributed by atoms with Crippen LogP contribution in [-0.2, 0) is 6.54 Å². The van der Waals surface area contributed by atoms with Crippen LogP contribution in [0.15, 0.2) is 60.8 Å². The highest BCUT2D eigenvalue weighted by atomic mass is 35.5. The number of halogens is 2. The summed E-state index contributed by atoms with van der Waals surface area (Å²) in [7, 11) is 0. The molecule has 8 heteroatoms. The van der Waals surface area contributed by atoms with Crippen molar-refractivity contribution in [2.45, 2.75) is 19.0 Å². The van der Waals surface area contributed by atoms with E-state index in [0.717, 1.165) is 24.2 Å². The topological polar surface area (TPSA) is 68.4 Å². The molecule has 0 bridgehead atoms. The van der Waals surface area contributed by atoms with Crippen molar-refractivity contribution in [3.8, 4) is 0 Å². The number of carbonyl (C=O) groups is 1. The summed E-state index contributed by atoms with van der Waals surface area (Å²) in [6.45, 7) is 1.28. The third-order valence-electron chi connectivity index (χ3n) is 5.11. The second-order valence-corrected chi connectivity index (χ2v) is 7.64. The van der Waals surface area contributed by atoms with Crippen LogP contribution >= 0.6 is 23.2 Å². The van der Waals surface area contributed by atoms with Gasteiger partial charge < -0.3 is 9.47 Å². The fourth-order valence-corrected chi connectivity index (χ4v) is 4.26. The molecule has 4 rings (SSSR count). The monoisotopic (exact) mass is 429 g/mol. The molecule has 0 radical (unpaired) electrons. The zero-order valence-corrected chi connectivity index (χ0v) is 16.8. The molecule has 1 atom stereocenters. The van der Waals surface area contributed by atoms with Crippen LogP contribution in [-0.4, -0.2) is 26.8 Å². The number of rotatable bonds is 3. The number of nitro groups is 1. The first-order chi connectivity index (χ1) is 14.0. The lowest BCUT2D eigenvalue weighted by molar-refractivity contribution is -0.384. The molecule has 0 spiro atoms. The Morgan fingerprint density at radius 2 is 1.83 bits per heavy atom. The van der Waals surface area contributed by atoms with Crippen LogP contribution in [0, 0.1) is 10.1 Å². The van der Waals surface area contributed by atoms with Crippen molar-refractivity contribution in [3.63, 3.8) is 0 Å². The van der Waals surface area contributed by atoms with Crippen molar-refractivity contribution in [1.82, 2.24) is 9.47 Å². The number of aryl methyl sites for hydroxylation is 1. The number of nitrogens with zero attached hydrogens (tertiary/aromatic N) is 3. The van der Waals surface area contributed by atoms with Gasteiger partial charge in [-0.15, -0.1) is 0 Å². The molecule has 0 fully saturated rings. The van der Waals surface area contributed by atoms with E-state index in [1.807, 2.05) is 36.5 Å². The maximum absolute atomic E-state index is 13.5. The molecule has 29 heavy (non-hydrogen) atoms. The Kier molecular flexibility index (Phi) is 5.30. The van der Waals surface area contributed by atoms with Gasteiger partial charge in [-0.25, -0.2) is 0 Å². The van der Waals surface area contributed by atoms with E-state index in [1.54, 1.807) is 11.0 Å². The fraction of sp³-hybridized carbons (Fsp3) is 0.190. The van der Waals surface area contributed by atoms with Gasteiger partial charge in [0.25, 0.3) is 11.6 Å². The molecular formula is C21H17Cl2N3O3. The average Bonchev–Trinajstić information content (AvgIpc) is 3.08. The predicted molar refractivity (Wildman–Crippen MR) is 111 cm³/mol. The minimum atomic E-state index is -0.536. The maximum atomic E-state index is 13.5. The number of nitro benzene ring substituents is 1. The molecule has 1 unspecified atom stereocenters. The Balaban J connectivity index is 1.81. The molecule has 0 aliphatic carbocycles. The molecule has 148 valence electrons. The Morgan fingerprint density at radius 3 is 2.55 bits per heavy atom. The second-order valence-electron chi connectivity index (χ2n) is 6.82. The highest BCUT2D eigenvalue weighted by molar-refractivity contribution is 6.34. The minimum Gasteiger partial charge on any atom is -0.349 e. The summed E-state index contributed by atoms with van der Waals surface area (Å²) in [5.41, 5.74) is 1.86. The molecule has 6 nitrogen and oxygen atoms in total. The number of hydrogen-bond donors (Lipinski definition) is 0. The van der Waals surface area contributed by atoms with Gasteiger partial charge in [-0.1, -0.05) is 41.4 Å². The van der Waals surface area contributed by atoms with Gasteiger partial charge >= 0.3 is 0 Å². The van der Waals surface area contributed by atoms with Gasteiger partial charge in [-0.2, -0.15) is 0 Å². The summed E-state index contributed by atoms with van der Waals surface area (Å²) in [5, 5.41) is 11.6. The third kappa shape index (κ3) is 3.61. The smallest absolute Gasteiger partial charge is 0.270 e. The van der Waals surface area contributed by atoms with Crippen LogP contribution in [0.3, 0.4) is 0 Å². The van der Waals surface area contributed by atoms with Crippen molar-refractivity contribution in [2.24, 2.45) is 0 Å². The van der Waals surface area contributed by atoms with Gasteiger partial charge in [0, 0.05) is 42.1 Å². The van der Waals surface area contributed by atoms with Crippen molar-refractivity contribution < 1.29 is 9.72 Å². The molecule has 0 saturated carbocycles. The van der Waals surface area contributed by atoms with Crippen LogP contribution in [0.5, 0.6) is 0 Å². The zero-order valence-electron chi connectivity index (χ0n) is 15.3. The third-order valence-corrected chi connectivity index (χ3v) is 5.77. The largest absolute Gasteiger partial charge is 0.349 e. The number of benzene rings is 2. The summed E-state index contributed by atoms with van der Waals surface area (Å²) in [4.78, 5) is 25.7. The first-order valence-electron chi connectivity index (χ1n) is 9.11. The standard InChI is InChI=1S/C21H17Cl2N3O3/c22-17-6-2-1-5-15(17)20-19-7-3-10-24(19)11-4-12-25(20)21(27)16-9-8-14(26(28)29)13-18(16)23/h1-3,5-10,13,20H,4,11-12H2. The van der Waals surface area contributed by atoms with Crippen LogP contribution in [0.1, 0.15) is 34.1 Å². The summed E-state index contributed by atoms with van der Waals surface area (Å²) in [6.07, 6.45) is 2.75. The summed E-state index contributed by atoms with van der Waals surface area (Å²) < 4.78 is 2.12. The first kappa shape index (κ1) is 19.5. The Hall–Kier alpha value is -2.83. The van der Waals surface area contributed by atoms with Gasteiger partial charge in [0.2, 0.25) is 0 Å². The highest BCUT2D eigenvalue weighted by Crippen LogP contribution is 2.37. The van der Waals surface area contributed by atoms with Crippen LogP contribution in [0.4, 0.5) is 5.69 Å². The Bertz CT molecular complexity index is 1100. The second kappa shape index (κ2) is 7.89. The molecule has 1 amide bonds. The van der Waals surface area contributed by atoms with Gasteiger partial charge in [-0.05, 0) is 36.2 Å². The number of carbonyl (C=O) groups excluding carboxylic acids is 1. The fourth-order valence-electron chi connectivity index (χ4n) is 3.77. The zero-order chi connectivity index (χ0) is 20.5. The van der Waals surface area contributed by atoms with Crippen molar-refractivity contribution >= 4 is 34.8 Å². The van der Waals surface area contributed by atoms with Crippen molar-refractivity contribution in [2.75, 3.05) is 6.54 Å². The quantitative estimate of drug-likeness (QED) is 0.416. The average molecular weight is 430 g/mol. The van der Waals surface area contributed by atoms with E-state index in [-0.39, 0.29) is 28.2 Å². The maximum Gasteiger partial charge on any atom is 0.270 e. The summed E-state index contributed by atoms with van der Waals surface area (Å²) in [5.74, 6) is -0.288. The van der Waals surface area contributed by atoms with Gasteiger partial charge in [0.05, 0.1) is 21.6 Å². The highest BCUT2D eigenvalue weighted by Gasteiger charge is 2.33. The first-order valence-corrected chi connectivity index (χ1v) is 9.87. The van der Waals surface area contributed by atoms with E-state index in [0.29, 0.717) is 11.6 Å². The van der Waals surface area contributed by atoms with E-state index in [2.05, 4.69) is 4.57 Å². The lowest BCUT2D eigenvalue weighted by Gasteiger charge is -2.31. The van der Waals surface area contributed by atoms with Gasteiger partial charge in [0.15, 0.2) is 0 Å². The molecule has 2 aromatic carbocycles. The summed E-state index contributed by atoms with van der Waals surface area (Å²) >= 11 is 12.7. The molecule has 2 heterocycles. The van der Waals surface area contributed by atoms with E-state index in [9.17, 15) is 14.9 Å². The predicted octanol–water partition coefficient (Wildman–Crippen LogP) is 5.34. The van der Waals surface area contributed by atoms with Crippen molar-refractivity contribution in [3.05, 3.63) is 97.8 Å². The molecular weight excluding hydrogens is 413 g/mol. The molecule has 3 aromatic rings. The van der Waals surface area contributed by atoms with Crippen molar-refractivity contribution in [1.29, 1.82) is 0 Å². The van der Waals surface area contributed by atoms with Crippen LogP contribution in [0.2, 0.25) is 10.0 Å². The lowest BCUT2D eigenvalue weighted by atomic mass is 10.0. The number of aromatic nitrogens is 1. The Labute approximate surface area is 177 Å². The molecule has 0 N–H and O–H groups in total. The molecule has 0 saturated heterocycles. The Morgan fingerprint density at radius 1 is 1.03 bits per heavy atom. The van der Waals surface area contributed by atoms with Gasteiger partial charge in [0.1, 0.15) is 0 Å². The molecule has 1 aliphatic rings. The number of hydrogen-bond acceptors (Lipinski definition) is 3. The number of non-ortho nitro benzene ring substituents is 1. The van der Waals surface area contributed by atoms with Crippen LogP contribution in [0.25, 0.3) is 0 Å². The van der Waals surface area contributed by atoms with Crippen LogP contribution < -0.4 is 0 Å². The number of fused-ring (bicyclic) bond motifs is 1. The van der Waals surface area contributed by atoms with E-state index < -0.39 is 4.92 Å².